The fourth-order valence-electron chi connectivity index (χ4n) is 3.78. The van der Waals surface area contributed by atoms with Crippen molar-refractivity contribution in [3.05, 3.63) is 18.5 Å². The van der Waals surface area contributed by atoms with Gasteiger partial charge in [0.1, 0.15) is 0 Å². The smallest absolute Gasteiger partial charge is 0.317 e. The molecule has 0 aromatic carbocycles. The first-order chi connectivity index (χ1) is 12.3. The van der Waals surface area contributed by atoms with Crippen LogP contribution in [0.3, 0.4) is 0 Å². The second-order valence-corrected chi connectivity index (χ2v) is 7.40. The summed E-state index contributed by atoms with van der Waals surface area (Å²) in [6, 6.07) is 2.51. The highest BCUT2D eigenvalue weighted by Gasteiger charge is 2.36. The predicted octanol–water partition coefficient (Wildman–Crippen LogP) is 1.66. The van der Waals surface area contributed by atoms with Crippen LogP contribution in [0.1, 0.15) is 32.1 Å². The number of piperidine rings is 1. The molecule has 1 saturated carbocycles. The first-order valence-corrected chi connectivity index (χ1v) is 9.46. The summed E-state index contributed by atoms with van der Waals surface area (Å²) in [5.41, 5.74) is 0. The molecule has 7 nitrogen and oxygen atoms in total. The number of nitrogens with zero attached hydrogens (tertiary/aromatic N) is 4. The van der Waals surface area contributed by atoms with Crippen LogP contribution in [0.15, 0.2) is 18.5 Å². The second-order valence-electron chi connectivity index (χ2n) is 7.40. The molecule has 1 aliphatic carbocycles. The number of hydrogen-bond donors (Lipinski definition) is 1. The number of urea groups is 1. The molecule has 0 bridgehead atoms. The van der Waals surface area contributed by atoms with E-state index >= 15 is 0 Å². The summed E-state index contributed by atoms with van der Waals surface area (Å²) >= 11 is 0. The number of hydrogen-bond acceptors (Lipinski definition) is 5. The number of anilines is 1. The molecule has 0 spiro atoms. The number of amides is 2. The van der Waals surface area contributed by atoms with E-state index in [2.05, 4.69) is 25.1 Å². The molecule has 3 aliphatic rings. The molecule has 2 unspecified atom stereocenters. The second kappa shape index (κ2) is 7.56. The Bertz CT molecular complexity index is 574. The van der Waals surface area contributed by atoms with Gasteiger partial charge in [-0.2, -0.15) is 0 Å². The molecular formula is C18H27N5O2. The Morgan fingerprint density at radius 3 is 2.84 bits per heavy atom. The molecule has 1 aromatic rings. The van der Waals surface area contributed by atoms with Crippen LogP contribution in [0.5, 0.6) is 0 Å². The molecule has 3 fully saturated rings. The van der Waals surface area contributed by atoms with Crippen LogP contribution in [0, 0.1) is 5.92 Å². The molecule has 2 amide bonds. The topological polar surface area (TPSA) is 70.6 Å². The molecule has 7 heteroatoms. The number of ether oxygens (including phenoxy) is 1. The van der Waals surface area contributed by atoms with Gasteiger partial charge in [0, 0.05) is 56.6 Å². The fraction of sp³-hybridized carbons (Fsp3) is 0.722. The Hall–Kier alpha value is -1.89. The normalized spacial score (nSPS) is 26.5. The summed E-state index contributed by atoms with van der Waals surface area (Å²) in [5.74, 6) is 1.25. The van der Waals surface area contributed by atoms with Gasteiger partial charge in [0.25, 0.3) is 0 Å². The van der Waals surface area contributed by atoms with E-state index in [1.807, 2.05) is 6.07 Å². The van der Waals surface area contributed by atoms with Crippen LogP contribution in [0.2, 0.25) is 0 Å². The maximum atomic E-state index is 12.8. The van der Waals surface area contributed by atoms with E-state index in [4.69, 9.17) is 4.74 Å². The number of aromatic nitrogens is 2. The molecule has 2 saturated heterocycles. The Kier molecular flexibility index (Phi) is 5.01. The van der Waals surface area contributed by atoms with Gasteiger partial charge in [-0.25, -0.2) is 14.8 Å². The van der Waals surface area contributed by atoms with Gasteiger partial charge in [-0.05, 0) is 38.2 Å². The van der Waals surface area contributed by atoms with Crippen LogP contribution in [0.25, 0.3) is 0 Å². The van der Waals surface area contributed by atoms with E-state index in [0.29, 0.717) is 12.0 Å². The molecule has 2 atom stereocenters. The lowest BCUT2D eigenvalue weighted by atomic mass is 10.1. The zero-order chi connectivity index (χ0) is 17.1. The van der Waals surface area contributed by atoms with Crippen molar-refractivity contribution in [1.82, 2.24) is 20.2 Å². The minimum atomic E-state index is 0.0928. The zero-order valence-electron chi connectivity index (χ0n) is 14.6. The van der Waals surface area contributed by atoms with E-state index < -0.39 is 0 Å². The first kappa shape index (κ1) is 16.6. The molecule has 2 aliphatic heterocycles. The van der Waals surface area contributed by atoms with Crippen molar-refractivity contribution in [3.8, 4) is 0 Å². The van der Waals surface area contributed by atoms with Crippen molar-refractivity contribution in [3.63, 3.8) is 0 Å². The van der Waals surface area contributed by atoms with Gasteiger partial charge in [0.15, 0.2) is 0 Å². The van der Waals surface area contributed by atoms with Gasteiger partial charge < -0.3 is 19.9 Å². The van der Waals surface area contributed by atoms with E-state index in [1.165, 1.54) is 0 Å². The average molecular weight is 345 g/mol. The average Bonchev–Trinajstić information content (AvgIpc) is 3.36. The third-order valence-electron chi connectivity index (χ3n) is 5.31. The minimum absolute atomic E-state index is 0.0928. The Morgan fingerprint density at radius 2 is 2.12 bits per heavy atom. The number of carbonyl (C=O) groups excluding carboxylic acids is 1. The van der Waals surface area contributed by atoms with Crippen LogP contribution >= 0.6 is 0 Å². The third kappa shape index (κ3) is 4.21. The maximum absolute atomic E-state index is 12.8. The lowest BCUT2D eigenvalue weighted by molar-refractivity contribution is 0.159. The minimum Gasteiger partial charge on any atom is -0.381 e. The van der Waals surface area contributed by atoms with E-state index in [9.17, 15) is 4.79 Å². The summed E-state index contributed by atoms with van der Waals surface area (Å²) in [7, 11) is 0. The van der Waals surface area contributed by atoms with E-state index in [1.54, 1.807) is 12.4 Å². The quantitative estimate of drug-likeness (QED) is 0.879. The summed E-state index contributed by atoms with van der Waals surface area (Å²) < 4.78 is 5.47. The van der Waals surface area contributed by atoms with Gasteiger partial charge in [0.05, 0.1) is 6.61 Å². The maximum Gasteiger partial charge on any atom is 0.317 e. The van der Waals surface area contributed by atoms with Crippen molar-refractivity contribution < 1.29 is 9.53 Å². The number of nitrogens with one attached hydrogen (secondary N) is 1. The number of rotatable bonds is 5. The molecule has 1 N–H and O–H groups in total. The summed E-state index contributed by atoms with van der Waals surface area (Å²) in [4.78, 5) is 25.7. The van der Waals surface area contributed by atoms with Gasteiger partial charge in [-0.15, -0.1) is 0 Å². The first-order valence-electron chi connectivity index (χ1n) is 9.46. The Morgan fingerprint density at radius 1 is 1.28 bits per heavy atom. The highest BCUT2D eigenvalue weighted by molar-refractivity contribution is 5.75. The van der Waals surface area contributed by atoms with Crippen LogP contribution in [-0.4, -0.2) is 65.8 Å². The van der Waals surface area contributed by atoms with Crippen molar-refractivity contribution >= 4 is 12.0 Å². The fourth-order valence-corrected chi connectivity index (χ4v) is 3.78. The van der Waals surface area contributed by atoms with Gasteiger partial charge in [-0.1, -0.05) is 0 Å². The van der Waals surface area contributed by atoms with Gasteiger partial charge >= 0.3 is 6.03 Å². The summed E-state index contributed by atoms with van der Waals surface area (Å²) in [6.07, 6.45) is 8.93. The lowest BCUT2D eigenvalue weighted by Gasteiger charge is -2.35. The SMILES string of the molecule is O=C(NC1CCCN(c2ncccn2)C1)N(CC1CCOC1)C1CC1. The monoisotopic (exact) mass is 345 g/mol. The van der Waals surface area contributed by atoms with Crippen LogP contribution in [-0.2, 0) is 4.74 Å². The van der Waals surface area contributed by atoms with Crippen LogP contribution < -0.4 is 10.2 Å². The highest BCUT2D eigenvalue weighted by atomic mass is 16.5. The molecule has 136 valence electrons. The van der Waals surface area contributed by atoms with E-state index in [-0.39, 0.29) is 12.1 Å². The third-order valence-corrected chi connectivity index (χ3v) is 5.31. The van der Waals surface area contributed by atoms with Gasteiger partial charge in [0.2, 0.25) is 5.95 Å². The standard InChI is InChI=1S/C18H27N5O2/c24-18(23(16-4-5-16)11-14-6-10-25-13-14)21-15-3-1-9-22(12-15)17-19-7-2-8-20-17/h2,7-8,14-16H,1,3-6,9-13H2,(H,21,24). The van der Waals surface area contributed by atoms with Crippen LogP contribution in [0.4, 0.5) is 10.7 Å². The molecule has 1 aromatic heterocycles. The van der Waals surface area contributed by atoms with Crippen molar-refractivity contribution in [2.45, 2.75) is 44.2 Å². The molecule has 25 heavy (non-hydrogen) atoms. The number of carbonyl (C=O) groups is 1. The summed E-state index contributed by atoms with van der Waals surface area (Å²) in [5, 5.41) is 3.26. The van der Waals surface area contributed by atoms with Crippen molar-refractivity contribution in [2.24, 2.45) is 5.92 Å². The van der Waals surface area contributed by atoms with Crippen molar-refractivity contribution in [1.29, 1.82) is 0 Å². The largest absolute Gasteiger partial charge is 0.381 e. The summed E-state index contributed by atoms with van der Waals surface area (Å²) in [6.45, 7) is 4.18. The molecule has 3 heterocycles. The predicted molar refractivity (Wildman–Crippen MR) is 94.5 cm³/mol. The Balaban J connectivity index is 1.34. The van der Waals surface area contributed by atoms with E-state index in [0.717, 1.165) is 70.9 Å². The van der Waals surface area contributed by atoms with Gasteiger partial charge in [-0.3, -0.25) is 0 Å². The van der Waals surface area contributed by atoms with Crippen molar-refractivity contribution in [2.75, 3.05) is 37.7 Å². The lowest BCUT2D eigenvalue weighted by Crippen LogP contribution is -2.53. The zero-order valence-corrected chi connectivity index (χ0v) is 14.6. The Labute approximate surface area is 148 Å². The molecule has 0 radical (unpaired) electrons. The molecular weight excluding hydrogens is 318 g/mol. The molecule has 4 rings (SSSR count). The highest BCUT2D eigenvalue weighted by Crippen LogP contribution is 2.29.